The first-order valence-electron chi connectivity index (χ1n) is 8.06. The molecule has 1 aromatic heterocycles. The van der Waals surface area contributed by atoms with Crippen molar-refractivity contribution in [1.29, 1.82) is 0 Å². The van der Waals surface area contributed by atoms with Crippen LogP contribution < -0.4 is 0 Å². The minimum Gasteiger partial charge on any atom is -0.373 e. The highest BCUT2D eigenvalue weighted by Gasteiger charge is 2.33. The summed E-state index contributed by atoms with van der Waals surface area (Å²) in [5.74, 6) is -0.0754. The monoisotopic (exact) mass is 326 g/mol. The molecule has 0 bridgehead atoms. The van der Waals surface area contributed by atoms with E-state index in [2.05, 4.69) is 34.3 Å². The van der Waals surface area contributed by atoms with E-state index >= 15 is 0 Å². The van der Waals surface area contributed by atoms with Crippen molar-refractivity contribution < 1.29 is 9.53 Å². The molecule has 6 nitrogen and oxygen atoms in total. The molecule has 1 aliphatic heterocycles. The number of carbonyl (C=O) groups excluding carboxylic acids is 1. The SMILES string of the molecule is CN(C[C@@H]1OCCN(C)[C@H]1c1ccccc1)C(=O)c1ccnnc1. The van der Waals surface area contributed by atoms with Gasteiger partial charge in [0.1, 0.15) is 0 Å². The molecule has 1 fully saturated rings. The molecule has 2 atom stereocenters. The lowest BCUT2D eigenvalue weighted by atomic mass is 9.98. The number of amides is 1. The maximum atomic E-state index is 12.5. The predicted octanol–water partition coefficient (Wildman–Crippen LogP) is 1.62. The molecule has 1 saturated heterocycles. The van der Waals surface area contributed by atoms with Gasteiger partial charge in [0, 0.05) is 20.1 Å². The summed E-state index contributed by atoms with van der Waals surface area (Å²) in [6, 6.07) is 12.1. The van der Waals surface area contributed by atoms with E-state index in [0.717, 1.165) is 6.54 Å². The van der Waals surface area contributed by atoms with Gasteiger partial charge >= 0.3 is 0 Å². The number of benzene rings is 1. The summed E-state index contributed by atoms with van der Waals surface area (Å²) < 4.78 is 6.01. The van der Waals surface area contributed by atoms with Gasteiger partial charge < -0.3 is 9.64 Å². The van der Waals surface area contributed by atoms with Gasteiger partial charge in [-0.3, -0.25) is 9.69 Å². The van der Waals surface area contributed by atoms with Crippen LogP contribution in [-0.4, -0.2) is 65.8 Å². The van der Waals surface area contributed by atoms with Crippen LogP contribution >= 0.6 is 0 Å². The number of nitrogens with zero attached hydrogens (tertiary/aromatic N) is 4. The Morgan fingerprint density at radius 3 is 2.79 bits per heavy atom. The molecule has 0 spiro atoms. The van der Waals surface area contributed by atoms with E-state index in [1.807, 2.05) is 18.2 Å². The zero-order chi connectivity index (χ0) is 16.9. The first-order valence-corrected chi connectivity index (χ1v) is 8.06. The van der Waals surface area contributed by atoms with Gasteiger partial charge in [-0.05, 0) is 18.7 Å². The molecular formula is C18H22N4O2. The van der Waals surface area contributed by atoms with Crippen LogP contribution in [0.15, 0.2) is 48.8 Å². The number of aromatic nitrogens is 2. The van der Waals surface area contributed by atoms with E-state index in [-0.39, 0.29) is 18.1 Å². The topological polar surface area (TPSA) is 58.6 Å². The Morgan fingerprint density at radius 2 is 2.08 bits per heavy atom. The zero-order valence-electron chi connectivity index (χ0n) is 14.0. The Kier molecular flexibility index (Phi) is 5.17. The number of morpholine rings is 1. The second-order valence-corrected chi connectivity index (χ2v) is 6.06. The number of ether oxygens (including phenoxy) is 1. The lowest BCUT2D eigenvalue weighted by Crippen LogP contribution is -2.48. The van der Waals surface area contributed by atoms with Crippen molar-refractivity contribution in [3.05, 3.63) is 59.9 Å². The van der Waals surface area contributed by atoms with Crippen LogP contribution in [0, 0.1) is 0 Å². The average molecular weight is 326 g/mol. The lowest BCUT2D eigenvalue weighted by molar-refractivity contribution is -0.0707. The molecule has 1 aliphatic rings. The van der Waals surface area contributed by atoms with E-state index in [1.165, 1.54) is 18.0 Å². The fraction of sp³-hybridized carbons (Fsp3) is 0.389. The Hall–Kier alpha value is -2.31. The molecule has 24 heavy (non-hydrogen) atoms. The van der Waals surface area contributed by atoms with Gasteiger partial charge in [-0.15, -0.1) is 0 Å². The summed E-state index contributed by atoms with van der Waals surface area (Å²) in [7, 11) is 3.89. The van der Waals surface area contributed by atoms with Crippen LogP contribution in [0.4, 0.5) is 0 Å². The van der Waals surface area contributed by atoms with Gasteiger partial charge in [0.2, 0.25) is 0 Å². The third kappa shape index (κ3) is 3.60. The first-order chi connectivity index (χ1) is 11.7. The van der Waals surface area contributed by atoms with Crippen LogP contribution in [0.2, 0.25) is 0 Å². The summed E-state index contributed by atoms with van der Waals surface area (Å²) in [5.41, 5.74) is 1.74. The summed E-state index contributed by atoms with van der Waals surface area (Å²) in [6.07, 6.45) is 2.94. The molecule has 0 N–H and O–H groups in total. The van der Waals surface area contributed by atoms with Crippen molar-refractivity contribution >= 4 is 5.91 Å². The van der Waals surface area contributed by atoms with E-state index in [1.54, 1.807) is 18.0 Å². The second-order valence-electron chi connectivity index (χ2n) is 6.06. The normalized spacial score (nSPS) is 21.4. The van der Waals surface area contributed by atoms with Crippen LogP contribution in [0.25, 0.3) is 0 Å². The Bertz CT molecular complexity index is 665. The van der Waals surface area contributed by atoms with Gasteiger partial charge in [-0.2, -0.15) is 10.2 Å². The lowest BCUT2D eigenvalue weighted by Gasteiger charge is -2.40. The van der Waals surface area contributed by atoms with Crippen LogP contribution in [-0.2, 0) is 4.74 Å². The Balaban J connectivity index is 1.75. The summed E-state index contributed by atoms with van der Waals surface area (Å²) in [4.78, 5) is 16.5. The summed E-state index contributed by atoms with van der Waals surface area (Å²) in [5, 5.41) is 7.48. The van der Waals surface area contributed by atoms with Gasteiger partial charge in [0.15, 0.2) is 0 Å². The molecule has 2 heterocycles. The van der Waals surface area contributed by atoms with Crippen molar-refractivity contribution in [3.63, 3.8) is 0 Å². The highest BCUT2D eigenvalue weighted by molar-refractivity contribution is 5.93. The Morgan fingerprint density at radius 1 is 1.29 bits per heavy atom. The van der Waals surface area contributed by atoms with Crippen molar-refractivity contribution in [1.82, 2.24) is 20.0 Å². The largest absolute Gasteiger partial charge is 0.373 e. The van der Waals surface area contributed by atoms with Crippen molar-refractivity contribution in [3.8, 4) is 0 Å². The first kappa shape index (κ1) is 16.5. The van der Waals surface area contributed by atoms with E-state index < -0.39 is 0 Å². The maximum Gasteiger partial charge on any atom is 0.255 e. The molecule has 1 amide bonds. The Labute approximate surface area is 142 Å². The fourth-order valence-electron chi connectivity index (χ4n) is 3.12. The number of rotatable bonds is 4. The smallest absolute Gasteiger partial charge is 0.255 e. The average Bonchev–Trinajstić information content (AvgIpc) is 2.62. The minimum absolute atomic E-state index is 0.0742. The van der Waals surface area contributed by atoms with Crippen LogP contribution in [0.1, 0.15) is 22.0 Å². The van der Waals surface area contributed by atoms with Crippen LogP contribution in [0.5, 0.6) is 0 Å². The van der Waals surface area contributed by atoms with Crippen molar-refractivity contribution in [2.24, 2.45) is 0 Å². The number of likely N-dealkylation sites (N-methyl/N-ethyl adjacent to an activating group) is 2. The van der Waals surface area contributed by atoms with Gasteiger partial charge in [-0.25, -0.2) is 0 Å². The molecule has 3 rings (SSSR count). The fourth-order valence-corrected chi connectivity index (χ4v) is 3.12. The highest BCUT2D eigenvalue weighted by Crippen LogP contribution is 2.28. The van der Waals surface area contributed by atoms with Gasteiger partial charge in [0.05, 0.1) is 36.7 Å². The minimum atomic E-state index is -0.0754. The molecule has 0 saturated carbocycles. The van der Waals surface area contributed by atoms with Gasteiger partial charge in [0.25, 0.3) is 5.91 Å². The van der Waals surface area contributed by atoms with Crippen molar-refractivity contribution in [2.75, 3.05) is 33.8 Å². The molecule has 1 aromatic carbocycles. The standard InChI is InChI=1S/C18H22N4O2/c1-21-10-11-24-16(17(21)14-6-4-3-5-7-14)13-22(2)18(23)15-8-9-19-20-12-15/h3-9,12,16-17H,10-11,13H2,1-2H3/t16-,17-/m0/s1. The molecule has 2 aromatic rings. The van der Waals surface area contributed by atoms with E-state index in [4.69, 9.17) is 4.74 Å². The number of carbonyl (C=O) groups is 1. The summed E-state index contributed by atoms with van der Waals surface area (Å²) >= 11 is 0. The molecular weight excluding hydrogens is 304 g/mol. The number of hydrogen-bond donors (Lipinski definition) is 0. The summed E-state index contributed by atoms with van der Waals surface area (Å²) in [6.45, 7) is 2.07. The maximum absolute atomic E-state index is 12.5. The van der Waals surface area contributed by atoms with Crippen LogP contribution in [0.3, 0.4) is 0 Å². The molecule has 6 heteroatoms. The molecule has 0 aliphatic carbocycles. The van der Waals surface area contributed by atoms with Gasteiger partial charge in [-0.1, -0.05) is 30.3 Å². The third-order valence-corrected chi connectivity index (χ3v) is 4.38. The predicted molar refractivity (Wildman–Crippen MR) is 90.5 cm³/mol. The van der Waals surface area contributed by atoms with Crippen molar-refractivity contribution in [2.45, 2.75) is 12.1 Å². The molecule has 126 valence electrons. The molecule has 0 radical (unpaired) electrons. The highest BCUT2D eigenvalue weighted by atomic mass is 16.5. The van der Waals surface area contributed by atoms with E-state index in [0.29, 0.717) is 18.7 Å². The van der Waals surface area contributed by atoms with E-state index in [9.17, 15) is 4.79 Å². The number of hydrogen-bond acceptors (Lipinski definition) is 5. The third-order valence-electron chi connectivity index (χ3n) is 4.38. The molecule has 0 unspecified atom stereocenters. The quantitative estimate of drug-likeness (QED) is 0.854. The zero-order valence-corrected chi connectivity index (χ0v) is 14.0. The second kappa shape index (κ2) is 7.51.